The van der Waals surface area contributed by atoms with Crippen LogP contribution in [-0.2, 0) is 19.2 Å². The molecule has 71 heavy (non-hydrogen) atoms. The molecule has 0 radical (unpaired) electrons. The highest BCUT2D eigenvalue weighted by atomic mass is 19.1. The van der Waals surface area contributed by atoms with Crippen molar-refractivity contribution in [3.05, 3.63) is 113 Å². The lowest BCUT2D eigenvalue weighted by Crippen LogP contribution is -2.51. The molecule has 2 N–H and O–H groups in total. The molecule has 4 aromatic carbocycles. The molecule has 2 spiro atoms. The van der Waals surface area contributed by atoms with E-state index >= 15 is 0 Å². The van der Waals surface area contributed by atoms with Crippen LogP contribution in [0.5, 0.6) is 5.75 Å². The van der Waals surface area contributed by atoms with Gasteiger partial charge < -0.3 is 15.4 Å². The van der Waals surface area contributed by atoms with E-state index in [-0.39, 0.29) is 54.5 Å². The first-order valence-electron chi connectivity index (χ1n) is 25.4. The van der Waals surface area contributed by atoms with E-state index in [9.17, 15) is 33.2 Å². The van der Waals surface area contributed by atoms with E-state index in [2.05, 4.69) is 66.0 Å². The summed E-state index contributed by atoms with van der Waals surface area (Å²) >= 11 is 0. The highest BCUT2D eigenvalue weighted by Gasteiger charge is 2.59. The van der Waals surface area contributed by atoms with Gasteiger partial charge in [-0.15, -0.1) is 0 Å². The average Bonchev–Trinajstić information content (AvgIpc) is 3.65. The maximum Gasteiger partial charge on any atom is 0.332 e. The van der Waals surface area contributed by atoms with Crippen LogP contribution in [0.15, 0.2) is 84.9 Å². The summed E-state index contributed by atoms with van der Waals surface area (Å²) in [6.45, 7) is 15.9. The molecule has 0 atom stereocenters. The maximum atomic E-state index is 13.8. The molecule has 14 heteroatoms. The number of amides is 8. The summed E-state index contributed by atoms with van der Waals surface area (Å²) < 4.78 is 18.8. The van der Waals surface area contributed by atoms with Crippen molar-refractivity contribution in [2.24, 2.45) is 0 Å². The van der Waals surface area contributed by atoms with Gasteiger partial charge in [0.2, 0.25) is 11.8 Å². The topological polar surface area (TPSA) is 149 Å². The van der Waals surface area contributed by atoms with Gasteiger partial charge in [-0.05, 0) is 120 Å². The molecule has 2 aliphatic heterocycles. The maximum absolute atomic E-state index is 13.8. The number of imide groups is 2. The second-order valence-corrected chi connectivity index (χ2v) is 20.7. The number of ether oxygens (including phenoxy) is 1. The van der Waals surface area contributed by atoms with Crippen LogP contribution in [0.4, 0.5) is 36.7 Å². The van der Waals surface area contributed by atoms with Crippen molar-refractivity contribution in [2.75, 3.05) is 40.6 Å². The zero-order valence-corrected chi connectivity index (χ0v) is 42.9. The van der Waals surface area contributed by atoms with Crippen molar-refractivity contribution in [3.8, 4) is 5.75 Å². The highest BCUT2D eigenvalue weighted by molar-refractivity contribution is 6.19. The monoisotopic (exact) mass is 971 g/mol. The molecular formula is C57H71FN6O7. The van der Waals surface area contributed by atoms with E-state index in [1.165, 1.54) is 29.2 Å². The summed E-state index contributed by atoms with van der Waals surface area (Å²) in [5.41, 5.74) is 4.80. The number of carbonyl (C=O) groups excluding carboxylic acids is 6. The van der Waals surface area contributed by atoms with Crippen molar-refractivity contribution in [2.45, 2.75) is 154 Å². The fourth-order valence-corrected chi connectivity index (χ4v) is 11.0. The van der Waals surface area contributed by atoms with E-state index in [0.717, 1.165) is 82.0 Å². The van der Waals surface area contributed by atoms with Crippen LogP contribution in [0.2, 0.25) is 0 Å². The third-order valence-corrected chi connectivity index (χ3v) is 14.6. The molecule has 8 amide bonds. The van der Waals surface area contributed by atoms with E-state index < -0.39 is 34.9 Å². The molecule has 8 rings (SSSR count). The van der Waals surface area contributed by atoms with Gasteiger partial charge in [-0.25, -0.2) is 14.0 Å². The van der Waals surface area contributed by atoms with Gasteiger partial charge in [0.15, 0.2) is 0 Å². The van der Waals surface area contributed by atoms with E-state index in [0.29, 0.717) is 42.8 Å². The summed E-state index contributed by atoms with van der Waals surface area (Å²) in [5.74, 6) is -0.321. The Bertz CT molecular complexity index is 2560. The summed E-state index contributed by atoms with van der Waals surface area (Å²) in [5, 5.41) is 6.06. The minimum atomic E-state index is -1.02. The summed E-state index contributed by atoms with van der Waals surface area (Å²) in [6, 6.07) is 23.8. The van der Waals surface area contributed by atoms with Crippen molar-refractivity contribution in [1.29, 1.82) is 0 Å². The third-order valence-electron chi connectivity index (χ3n) is 14.6. The fourth-order valence-electron chi connectivity index (χ4n) is 11.0. The number of hydrogen-bond acceptors (Lipinski definition) is 7. The van der Waals surface area contributed by atoms with E-state index in [1.54, 1.807) is 36.3 Å². The molecule has 4 aromatic rings. The standard InChI is InChI=1S/C29H37N3O4.C28H34FN3O3/c1-19(2)23-10-9-11-24(20(3)4)26(23)30-25(33)18-31-27(34)29(16-7-6-8-17-29)32(28(31)35)21-12-14-22(36-5)15-13-21;1-18(2)22-9-8-10-23(19(3)4)25(22)30-24(33)17-31-26(34)28(15-6-5-7-16-28)32(27(31)35)21-13-11-20(29)12-14-21/h9-15,19-20H,6-8,16-18H2,1-5H3,(H,30,33);8-14,18-19H,5-7,15-17H2,1-4H3,(H,30,33). The lowest BCUT2D eigenvalue weighted by Gasteiger charge is -2.38. The van der Waals surface area contributed by atoms with Crippen LogP contribution >= 0.6 is 0 Å². The number of nitrogens with one attached hydrogen (secondary N) is 2. The van der Waals surface area contributed by atoms with E-state index in [4.69, 9.17) is 4.74 Å². The van der Waals surface area contributed by atoms with Gasteiger partial charge in [0.05, 0.1) is 7.11 Å². The van der Waals surface area contributed by atoms with Crippen LogP contribution in [0.1, 0.15) is 166 Å². The molecule has 2 aliphatic carbocycles. The third kappa shape index (κ3) is 10.4. The Balaban J connectivity index is 0.000000209. The lowest BCUT2D eigenvalue weighted by atomic mass is 9.80. The normalized spacial score (nSPS) is 17.5. The zero-order chi connectivity index (χ0) is 51.4. The van der Waals surface area contributed by atoms with Gasteiger partial charge in [0.1, 0.15) is 35.7 Å². The Morgan fingerprint density at radius 3 is 1.15 bits per heavy atom. The lowest BCUT2D eigenvalue weighted by molar-refractivity contribution is -0.134. The van der Waals surface area contributed by atoms with Crippen molar-refractivity contribution in [3.63, 3.8) is 0 Å². The van der Waals surface area contributed by atoms with Gasteiger partial charge in [-0.1, -0.05) is 130 Å². The van der Waals surface area contributed by atoms with Gasteiger partial charge >= 0.3 is 12.1 Å². The Morgan fingerprint density at radius 2 is 0.845 bits per heavy atom. The number of anilines is 4. The van der Waals surface area contributed by atoms with Crippen molar-refractivity contribution < 1.29 is 37.9 Å². The fraction of sp³-hybridized carbons (Fsp3) is 0.474. The summed E-state index contributed by atoms with van der Waals surface area (Å²) in [7, 11) is 1.59. The molecular weight excluding hydrogens is 900 g/mol. The molecule has 2 heterocycles. The molecule has 0 aromatic heterocycles. The molecule has 13 nitrogen and oxygen atoms in total. The van der Waals surface area contributed by atoms with Crippen LogP contribution in [0.25, 0.3) is 0 Å². The van der Waals surface area contributed by atoms with Crippen LogP contribution in [0, 0.1) is 5.82 Å². The number of rotatable bonds is 13. The molecule has 4 aliphatic rings. The number of carbonyl (C=O) groups is 6. The molecule has 0 unspecified atom stereocenters. The van der Waals surface area contributed by atoms with Crippen LogP contribution < -0.4 is 25.2 Å². The predicted octanol–water partition coefficient (Wildman–Crippen LogP) is 12.2. The average molecular weight is 971 g/mol. The Labute approximate surface area is 418 Å². The van der Waals surface area contributed by atoms with Crippen LogP contribution in [0.3, 0.4) is 0 Å². The first-order valence-corrected chi connectivity index (χ1v) is 25.4. The Kier molecular flexibility index (Phi) is 16.1. The summed E-state index contributed by atoms with van der Waals surface area (Å²) in [4.78, 5) is 86.6. The van der Waals surface area contributed by atoms with Gasteiger partial charge in [0, 0.05) is 22.7 Å². The Morgan fingerprint density at radius 1 is 0.521 bits per heavy atom. The first kappa shape index (κ1) is 52.3. The Hall–Kier alpha value is -6.57. The number of halogens is 1. The second kappa shape index (κ2) is 21.8. The van der Waals surface area contributed by atoms with Gasteiger partial charge in [-0.2, -0.15) is 0 Å². The SMILES string of the molecule is CC(C)c1cccc(C(C)C)c1NC(=O)CN1C(=O)N(c2ccc(F)cc2)C2(CCCCC2)C1=O.COc1ccc(N2C(=O)N(CC(=O)Nc3c(C(C)C)cccc3C(C)C)C(=O)C23CCCCC3)cc1. The largest absolute Gasteiger partial charge is 0.497 e. The second-order valence-electron chi connectivity index (χ2n) is 20.7. The highest BCUT2D eigenvalue weighted by Crippen LogP contribution is 2.45. The number of benzene rings is 4. The smallest absolute Gasteiger partial charge is 0.332 e. The quantitative estimate of drug-likeness (QED) is 0.127. The number of nitrogens with zero attached hydrogens (tertiary/aromatic N) is 4. The molecule has 378 valence electrons. The first-order chi connectivity index (χ1) is 33.8. The summed E-state index contributed by atoms with van der Waals surface area (Å²) in [6.07, 6.45) is 7.63. The minimum Gasteiger partial charge on any atom is -0.497 e. The predicted molar refractivity (Wildman–Crippen MR) is 277 cm³/mol. The number of hydrogen-bond donors (Lipinski definition) is 2. The molecule has 4 fully saturated rings. The van der Waals surface area contributed by atoms with Crippen molar-refractivity contribution >= 4 is 58.4 Å². The number of para-hydroxylation sites is 2. The van der Waals surface area contributed by atoms with Crippen LogP contribution in [-0.4, -0.2) is 76.8 Å². The molecule has 0 bridgehead atoms. The molecule has 2 saturated heterocycles. The van der Waals surface area contributed by atoms with E-state index in [1.807, 2.05) is 36.4 Å². The van der Waals surface area contributed by atoms with Gasteiger partial charge in [-0.3, -0.25) is 38.8 Å². The van der Waals surface area contributed by atoms with Crippen molar-refractivity contribution in [1.82, 2.24) is 9.80 Å². The number of urea groups is 2. The van der Waals surface area contributed by atoms with Gasteiger partial charge in [0.25, 0.3) is 11.8 Å². The minimum absolute atomic E-state index is 0.193. The number of methoxy groups -OCH3 is 1. The molecule has 2 saturated carbocycles. The zero-order valence-electron chi connectivity index (χ0n) is 42.9.